The Hall–Kier alpha value is -2.13. The summed E-state index contributed by atoms with van der Waals surface area (Å²) in [6, 6.07) is 20.3. The average Bonchev–Trinajstić information content (AvgIpc) is 2.49. The van der Waals surface area contributed by atoms with Crippen molar-refractivity contribution in [1.82, 2.24) is 5.43 Å². The maximum Gasteiger partial charge on any atom is 0.133 e. The van der Waals surface area contributed by atoms with E-state index in [9.17, 15) is 0 Å². The third-order valence-electron chi connectivity index (χ3n) is 2.93. The Morgan fingerprint density at radius 2 is 1.61 bits per heavy atom. The van der Waals surface area contributed by atoms with E-state index in [4.69, 9.17) is 4.74 Å². The summed E-state index contributed by atoms with van der Waals surface area (Å²) in [4.78, 5) is 0. The first-order valence-electron chi connectivity index (χ1n) is 5.97. The molecule has 0 bridgehead atoms. The Labute approximate surface area is 106 Å². The van der Waals surface area contributed by atoms with Gasteiger partial charge in [0.25, 0.3) is 0 Å². The van der Waals surface area contributed by atoms with E-state index in [0.717, 1.165) is 16.8 Å². The molecule has 0 spiro atoms. The molecule has 1 atom stereocenters. The molecule has 1 aliphatic heterocycles. The topological polar surface area (TPSA) is 33.6 Å². The standard InChI is InChI=1S/C15H14N2O/c1-3-7-12(8-4-1)14-15(18-11-16-17-14)13-9-5-2-6-10-13/h1-10,15-16H,11H2. The molecule has 1 aliphatic rings. The number of hydrogen-bond donors (Lipinski definition) is 1. The molecule has 1 heterocycles. The molecule has 0 aromatic heterocycles. The zero-order valence-electron chi connectivity index (χ0n) is 9.91. The molecule has 90 valence electrons. The molecule has 0 amide bonds. The second kappa shape index (κ2) is 5.02. The highest BCUT2D eigenvalue weighted by molar-refractivity contribution is 6.04. The second-order valence-electron chi connectivity index (χ2n) is 4.12. The van der Waals surface area contributed by atoms with Crippen molar-refractivity contribution in [3.63, 3.8) is 0 Å². The van der Waals surface area contributed by atoms with E-state index in [0.29, 0.717) is 6.73 Å². The number of nitrogens with one attached hydrogen (secondary N) is 1. The molecule has 0 saturated carbocycles. The lowest BCUT2D eigenvalue weighted by Crippen LogP contribution is -2.29. The summed E-state index contributed by atoms with van der Waals surface area (Å²) in [6.07, 6.45) is -0.102. The fourth-order valence-corrected chi connectivity index (χ4v) is 2.08. The molecule has 0 saturated heterocycles. The molecule has 3 nitrogen and oxygen atoms in total. The van der Waals surface area contributed by atoms with Crippen molar-refractivity contribution in [1.29, 1.82) is 0 Å². The smallest absolute Gasteiger partial charge is 0.133 e. The Morgan fingerprint density at radius 1 is 0.944 bits per heavy atom. The predicted molar refractivity (Wildman–Crippen MR) is 71.2 cm³/mol. The Balaban J connectivity index is 1.99. The molecule has 2 aromatic rings. The highest BCUT2D eigenvalue weighted by Crippen LogP contribution is 2.24. The zero-order chi connectivity index (χ0) is 12.2. The van der Waals surface area contributed by atoms with Crippen molar-refractivity contribution in [3.8, 4) is 0 Å². The third kappa shape index (κ3) is 2.13. The normalized spacial score (nSPS) is 18.9. The van der Waals surface area contributed by atoms with Crippen LogP contribution in [0.3, 0.4) is 0 Å². The van der Waals surface area contributed by atoms with Gasteiger partial charge < -0.3 is 4.74 Å². The van der Waals surface area contributed by atoms with Gasteiger partial charge in [0.1, 0.15) is 18.5 Å². The lowest BCUT2D eigenvalue weighted by molar-refractivity contribution is 0.0709. The lowest BCUT2D eigenvalue weighted by atomic mass is 9.99. The summed E-state index contributed by atoms with van der Waals surface area (Å²) in [7, 11) is 0. The molecular weight excluding hydrogens is 224 g/mol. The van der Waals surface area contributed by atoms with Gasteiger partial charge in [0, 0.05) is 5.56 Å². The van der Waals surface area contributed by atoms with Crippen molar-refractivity contribution in [3.05, 3.63) is 71.8 Å². The van der Waals surface area contributed by atoms with Gasteiger partial charge in [-0.2, -0.15) is 5.10 Å². The van der Waals surface area contributed by atoms with E-state index in [-0.39, 0.29) is 6.10 Å². The lowest BCUT2D eigenvalue weighted by Gasteiger charge is -2.24. The molecule has 3 heteroatoms. The number of rotatable bonds is 2. The van der Waals surface area contributed by atoms with E-state index in [1.165, 1.54) is 0 Å². The minimum atomic E-state index is -0.102. The molecule has 0 aliphatic carbocycles. The summed E-state index contributed by atoms with van der Waals surface area (Å²) < 4.78 is 5.79. The summed E-state index contributed by atoms with van der Waals surface area (Å²) in [6.45, 7) is 0.440. The van der Waals surface area contributed by atoms with Crippen LogP contribution in [0.5, 0.6) is 0 Å². The van der Waals surface area contributed by atoms with Crippen molar-refractivity contribution < 1.29 is 4.74 Å². The van der Waals surface area contributed by atoms with Gasteiger partial charge in [0.2, 0.25) is 0 Å². The molecule has 0 fully saturated rings. The van der Waals surface area contributed by atoms with Crippen LogP contribution in [-0.2, 0) is 4.74 Å². The molecular formula is C15H14N2O. The first-order chi connectivity index (χ1) is 8.95. The molecule has 3 rings (SSSR count). The van der Waals surface area contributed by atoms with Crippen LogP contribution in [0.15, 0.2) is 65.8 Å². The van der Waals surface area contributed by atoms with E-state index in [1.807, 2.05) is 48.5 Å². The maximum absolute atomic E-state index is 5.79. The minimum Gasteiger partial charge on any atom is -0.346 e. The first kappa shape index (κ1) is 11.0. The number of nitrogens with zero attached hydrogens (tertiary/aromatic N) is 1. The van der Waals surface area contributed by atoms with Crippen molar-refractivity contribution in [2.24, 2.45) is 5.10 Å². The van der Waals surface area contributed by atoms with E-state index >= 15 is 0 Å². The van der Waals surface area contributed by atoms with Crippen LogP contribution in [0.1, 0.15) is 17.2 Å². The van der Waals surface area contributed by atoms with Crippen LogP contribution < -0.4 is 5.43 Å². The Kier molecular flexibility index (Phi) is 3.07. The molecule has 1 unspecified atom stereocenters. The second-order valence-corrected chi connectivity index (χ2v) is 4.12. The van der Waals surface area contributed by atoms with Gasteiger partial charge in [0.15, 0.2) is 0 Å². The molecule has 2 aromatic carbocycles. The van der Waals surface area contributed by atoms with E-state index < -0.39 is 0 Å². The van der Waals surface area contributed by atoms with Crippen LogP contribution >= 0.6 is 0 Å². The number of ether oxygens (including phenoxy) is 1. The highest BCUT2D eigenvalue weighted by atomic mass is 16.5. The summed E-state index contributed by atoms with van der Waals surface area (Å²) in [5.74, 6) is 0. The quantitative estimate of drug-likeness (QED) is 0.872. The maximum atomic E-state index is 5.79. The summed E-state index contributed by atoms with van der Waals surface area (Å²) >= 11 is 0. The predicted octanol–water partition coefficient (Wildman–Crippen LogP) is 2.71. The van der Waals surface area contributed by atoms with Gasteiger partial charge in [-0.1, -0.05) is 60.7 Å². The highest BCUT2D eigenvalue weighted by Gasteiger charge is 2.23. The Bertz CT molecular complexity index is 537. The third-order valence-corrected chi connectivity index (χ3v) is 2.93. The van der Waals surface area contributed by atoms with Gasteiger partial charge in [-0.05, 0) is 5.56 Å². The number of hydrazone groups is 1. The van der Waals surface area contributed by atoms with Gasteiger partial charge >= 0.3 is 0 Å². The van der Waals surface area contributed by atoms with Crippen molar-refractivity contribution >= 4 is 5.71 Å². The monoisotopic (exact) mass is 238 g/mol. The minimum absolute atomic E-state index is 0.102. The van der Waals surface area contributed by atoms with E-state index in [2.05, 4.69) is 22.7 Å². The van der Waals surface area contributed by atoms with Crippen LogP contribution in [0.2, 0.25) is 0 Å². The zero-order valence-corrected chi connectivity index (χ0v) is 9.91. The van der Waals surface area contributed by atoms with Gasteiger partial charge in [-0.25, -0.2) is 0 Å². The molecule has 1 N–H and O–H groups in total. The van der Waals surface area contributed by atoms with Crippen molar-refractivity contribution in [2.75, 3.05) is 6.73 Å². The Morgan fingerprint density at radius 3 is 2.33 bits per heavy atom. The van der Waals surface area contributed by atoms with Crippen LogP contribution in [0, 0.1) is 0 Å². The van der Waals surface area contributed by atoms with Gasteiger partial charge in [-0.3, -0.25) is 5.43 Å². The fraction of sp³-hybridized carbons (Fsp3) is 0.133. The largest absolute Gasteiger partial charge is 0.346 e. The van der Waals surface area contributed by atoms with E-state index in [1.54, 1.807) is 0 Å². The first-order valence-corrected chi connectivity index (χ1v) is 5.97. The number of hydrogen-bond acceptors (Lipinski definition) is 3. The molecule has 0 radical (unpaired) electrons. The average molecular weight is 238 g/mol. The molecule has 18 heavy (non-hydrogen) atoms. The van der Waals surface area contributed by atoms with Crippen LogP contribution in [0.25, 0.3) is 0 Å². The van der Waals surface area contributed by atoms with Crippen LogP contribution in [-0.4, -0.2) is 12.4 Å². The van der Waals surface area contributed by atoms with Gasteiger partial charge in [-0.15, -0.1) is 0 Å². The summed E-state index contributed by atoms with van der Waals surface area (Å²) in [5, 5.41) is 4.40. The van der Waals surface area contributed by atoms with Gasteiger partial charge in [0.05, 0.1) is 0 Å². The fourth-order valence-electron chi connectivity index (χ4n) is 2.08. The number of benzene rings is 2. The van der Waals surface area contributed by atoms with Crippen molar-refractivity contribution in [2.45, 2.75) is 6.10 Å². The SMILES string of the molecule is c1ccc(C2=NNCOC2c2ccccc2)cc1. The van der Waals surface area contributed by atoms with Crippen LogP contribution in [0.4, 0.5) is 0 Å². The summed E-state index contributed by atoms with van der Waals surface area (Å²) in [5.41, 5.74) is 6.03.